The number of amides is 2. The van der Waals surface area contributed by atoms with Crippen molar-refractivity contribution in [1.29, 1.82) is 0 Å². The summed E-state index contributed by atoms with van der Waals surface area (Å²) in [5, 5.41) is 7.42. The summed E-state index contributed by atoms with van der Waals surface area (Å²) in [4.78, 5) is 23.5. The molecule has 0 unspecified atom stereocenters. The molecule has 0 spiro atoms. The minimum atomic E-state index is 0.0356. The van der Waals surface area contributed by atoms with Crippen molar-refractivity contribution in [3.63, 3.8) is 0 Å². The molecule has 2 amide bonds. The smallest absolute Gasteiger partial charge is 0.317 e. The van der Waals surface area contributed by atoms with Crippen LogP contribution in [0.2, 0.25) is 5.02 Å². The monoisotopic (exact) mass is 413 g/mol. The summed E-state index contributed by atoms with van der Waals surface area (Å²) < 4.78 is 0. The van der Waals surface area contributed by atoms with Gasteiger partial charge in [0, 0.05) is 36.1 Å². The number of hydrogen-bond donors (Lipinski definition) is 2. The van der Waals surface area contributed by atoms with E-state index < -0.39 is 0 Å². The molecule has 0 atom stereocenters. The molecule has 4 rings (SSSR count). The van der Waals surface area contributed by atoms with Gasteiger partial charge in [-0.3, -0.25) is 0 Å². The highest BCUT2D eigenvalue weighted by molar-refractivity contribution is 6.31. The third-order valence-electron chi connectivity index (χ3n) is 5.87. The first kappa shape index (κ1) is 20.0. The van der Waals surface area contributed by atoms with Gasteiger partial charge in [0.15, 0.2) is 0 Å². The Morgan fingerprint density at radius 1 is 1.17 bits per heavy atom. The second-order valence-corrected chi connectivity index (χ2v) is 8.28. The summed E-state index contributed by atoms with van der Waals surface area (Å²) in [6.45, 7) is 1.96. The third-order valence-corrected chi connectivity index (χ3v) is 6.24. The molecular weight excluding hydrogens is 386 g/mol. The lowest BCUT2D eigenvalue weighted by molar-refractivity contribution is 0.184. The Kier molecular flexibility index (Phi) is 6.49. The molecule has 154 valence electrons. The van der Waals surface area contributed by atoms with Gasteiger partial charge < -0.3 is 15.5 Å². The van der Waals surface area contributed by atoms with Crippen LogP contribution in [0.3, 0.4) is 0 Å². The first-order valence-electron chi connectivity index (χ1n) is 10.6. The minimum absolute atomic E-state index is 0.0356. The standard InChI is InChI=1S/C22H28ClN5O/c23-19-9-5-4-6-16(19)10-12-24-21-18-14-28(13-11-20(18)25-15-26-21)22(29)27-17-7-2-1-3-8-17/h4-6,9,15,17H,1-3,7-8,10-14H2,(H,27,29)(H,24,25,26). The van der Waals surface area contributed by atoms with E-state index in [-0.39, 0.29) is 6.03 Å². The van der Waals surface area contributed by atoms with Crippen LogP contribution in [0.15, 0.2) is 30.6 Å². The summed E-state index contributed by atoms with van der Waals surface area (Å²) in [5.41, 5.74) is 3.16. The number of urea groups is 1. The molecule has 2 heterocycles. The molecule has 1 fully saturated rings. The van der Waals surface area contributed by atoms with Crippen LogP contribution >= 0.6 is 11.6 Å². The topological polar surface area (TPSA) is 70.2 Å². The Bertz CT molecular complexity index is 853. The average Bonchev–Trinajstić information content (AvgIpc) is 2.75. The van der Waals surface area contributed by atoms with E-state index in [1.165, 1.54) is 19.3 Å². The van der Waals surface area contributed by atoms with E-state index in [4.69, 9.17) is 11.6 Å². The fraction of sp³-hybridized carbons (Fsp3) is 0.500. The van der Waals surface area contributed by atoms with Crippen molar-refractivity contribution in [2.75, 3.05) is 18.4 Å². The van der Waals surface area contributed by atoms with Crippen LogP contribution < -0.4 is 10.6 Å². The highest BCUT2D eigenvalue weighted by Crippen LogP contribution is 2.24. The van der Waals surface area contributed by atoms with Gasteiger partial charge in [0.05, 0.1) is 12.2 Å². The summed E-state index contributed by atoms with van der Waals surface area (Å²) in [5.74, 6) is 0.817. The number of carbonyl (C=O) groups excluding carboxylic acids is 1. The lowest BCUT2D eigenvalue weighted by atomic mass is 9.95. The molecule has 1 aliphatic heterocycles. The first-order valence-corrected chi connectivity index (χ1v) is 10.9. The lowest BCUT2D eigenvalue weighted by Gasteiger charge is -2.32. The maximum atomic E-state index is 12.8. The normalized spacial score (nSPS) is 16.9. The molecule has 0 radical (unpaired) electrons. The Morgan fingerprint density at radius 2 is 2.00 bits per heavy atom. The molecule has 6 nitrogen and oxygen atoms in total. The van der Waals surface area contributed by atoms with Gasteiger partial charge in [-0.2, -0.15) is 0 Å². The molecule has 2 aliphatic rings. The van der Waals surface area contributed by atoms with Gasteiger partial charge in [-0.25, -0.2) is 14.8 Å². The number of anilines is 1. The Morgan fingerprint density at radius 3 is 2.83 bits per heavy atom. The van der Waals surface area contributed by atoms with Crippen molar-refractivity contribution < 1.29 is 4.79 Å². The number of benzene rings is 1. The first-order chi connectivity index (χ1) is 14.2. The van der Waals surface area contributed by atoms with Crippen molar-refractivity contribution in [2.45, 2.75) is 57.5 Å². The predicted molar refractivity (Wildman–Crippen MR) is 115 cm³/mol. The Labute approximate surface area is 177 Å². The van der Waals surface area contributed by atoms with E-state index in [2.05, 4.69) is 20.6 Å². The number of halogens is 1. The van der Waals surface area contributed by atoms with E-state index in [1.807, 2.05) is 29.2 Å². The summed E-state index contributed by atoms with van der Waals surface area (Å²) in [7, 11) is 0. The zero-order valence-corrected chi connectivity index (χ0v) is 17.4. The number of rotatable bonds is 5. The van der Waals surface area contributed by atoms with Crippen LogP contribution in [-0.4, -0.2) is 40.0 Å². The predicted octanol–water partition coefficient (Wildman–Crippen LogP) is 4.19. The molecule has 1 aromatic heterocycles. The van der Waals surface area contributed by atoms with E-state index in [0.29, 0.717) is 19.1 Å². The quantitative estimate of drug-likeness (QED) is 0.771. The van der Waals surface area contributed by atoms with Gasteiger partial charge in [0.1, 0.15) is 12.1 Å². The van der Waals surface area contributed by atoms with Crippen molar-refractivity contribution in [3.8, 4) is 0 Å². The number of hydrogen-bond acceptors (Lipinski definition) is 4. The molecule has 7 heteroatoms. The van der Waals surface area contributed by atoms with Crippen molar-refractivity contribution in [1.82, 2.24) is 20.2 Å². The van der Waals surface area contributed by atoms with Crippen molar-refractivity contribution in [3.05, 3.63) is 52.4 Å². The summed E-state index contributed by atoms with van der Waals surface area (Å²) in [6, 6.07) is 8.23. The fourth-order valence-electron chi connectivity index (χ4n) is 4.20. The number of nitrogens with zero attached hydrogens (tertiary/aromatic N) is 3. The van der Waals surface area contributed by atoms with E-state index >= 15 is 0 Å². The Hall–Kier alpha value is -2.34. The zero-order chi connectivity index (χ0) is 20.1. The molecule has 0 bridgehead atoms. The van der Waals surface area contributed by atoms with Crippen molar-refractivity contribution >= 4 is 23.4 Å². The van der Waals surface area contributed by atoms with E-state index in [9.17, 15) is 4.79 Å². The summed E-state index contributed by atoms with van der Waals surface area (Å²) in [6.07, 6.45) is 9.06. The maximum absolute atomic E-state index is 12.8. The maximum Gasteiger partial charge on any atom is 0.317 e. The molecule has 1 saturated carbocycles. The van der Waals surface area contributed by atoms with Crippen LogP contribution in [0.1, 0.15) is 48.9 Å². The molecule has 0 saturated heterocycles. The van der Waals surface area contributed by atoms with Gasteiger partial charge >= 0.3 is 6.03 Å². The largest absolute Gasteiger partial charge is 0.369 e. The van der Waals surface area contributed by atoms with Gasteiger partial charge in [-0.05, 0) is 30.9 Å². The number of nitrogens with one attached hydrogen (secondary N) is 2. The highest BCUT2D eigenvalue weighted by atomic mass is 35.5. The highest BCUT2D eigenvalue weighted by Gasteiger charge is 2.26. The number of aromatic nitrogens is 2. The molecule has 2 N–H and O–H groups in total. The fourth-order valence-corrected chi connectivity index (χ4v) is 4.43. The average molecular weight is 414 g/mol. The van der Waals surface area contributed by atoms with Crippen molar-refractivity contribution in [2.24, 2.45) is 0 Å². The molecular formula is C22H28ClN5O. The van der Waals surface area contributed by atoms with Gasteiger partial charge in [-0.1, -0.05) is 49.1 Å². The zero-order valence-electron chi connectivity index (χ0n) is 16.7. The van der Waals surface area contributed by atoms with Gasteiger partial charge in [0.25, 0.3) is 0 Å². The summed E-state index contributed by atoms with van der Waals surface area (Å²) >= 11 is 6.25. The van der Waals surface area contributed by atoms with Crippen LogP contribution in [-0.2, 0) is 19.4 Å². The molecule has 1 aliphatic carbocycles. The SMILES string of the molecule is O=C(NC1CCCCC1)N1CCc2ncnc(NCCc3ccccc3Cl)c2C1. The van der Waals surface area contributed by atoms with Crippen LogP contribution in [0.25, 0.3) is 0 Å². The molecule has 2 aromatic rings. The van der Waals surface area contributed by atoms with Gasteiger partial charge in [-0.15, -0.1) is 0 Å². The third kappa shape index (κ3) is 4.99. The minimum Gasteiger partial charge on any atom is -0.369 e. The molecule has 1 aromatic carbocycles. The Balaban J connectivity index is 1.38. The second-order valence-electron chi connectivity index (χ2n) is 7.87. The molecule has 29 heavy (non-hydrogen) atoms. The number of fused-ring (bicyclic) bond motifs is 1. The van der Waals surface area contributed by atoms with Crippen LogP contribution in [0.4, 0.5) is 10.6 Å². The lowest BCUT2D eigenvalue weighted by Crippen LogP contribution is -2.47. The second kappa shape index (κ2) is 9.44. The van der Waals surface area contributed by atoms with Crippen LogP contribution in [0.5, 0.6) is 0 Å². The van der Waals surface area contributed by atoms with Crippen LogP contribution in [0, 0.1) is 0 Å². The van der Waals surface area contributed by atoms with Gasteiger partial charge in [0.2, 0.25) is 0 Å². The van der Waals surface area contributed by atoms with E-state index in [0.717, 1.165) is 59.9 Å². The van der Waals surface area contributed by atoms with E-state index in [1.54, 1.807) is 6.33 Å². The number of carbonyl (C=O) groups is 1.